The molecular formula is C19H22FN3. The maximum atomic E-state index is 13.6. The Morgan fingerprint density at radius 1 is 0.957 bits per heavy atom. The Morgan fingerprint density at radius 3 is 2.43 bits per heavy atom. The minimum atomic E-state index is -0.208. The Morgan fingerprint density at radius 2 is 1.70 bits per heavy atom. The molecule has 0 bridgehead atoms. The largest absolute Gasteiger partial charge is 0.297 e. The van der Waals surface area contributed by atoms with E-state index in [0.717, 1.165) is 32.7 Å². The van der Waals surface area contributed by atoms with Crippen molar-refractivity contribution in [3.8, 4) is 0 Å². The van der Waals surface area contributed by atoms with Crippen LogP contribution in [-0.2, 0) is 6.54 Å². The van der Waals surface area contributed by atoms with E-state index in [1.807, 2.05) is 6.07 Å². The number of hydrogen-bond donors (Lipinski definition) is 0. The molecule has 1 fully saturated rings. The Bertz CT molecular complexity index is 634. The number of pyridine rings is 1. The number of rotatable bonds is 5. The lowest BCUT2D eigenvalue weighted by Gasteiger charge is -2.33. The van der Waals surface area contributed by atoms with Crippen molar-refractivity contribution in [2.24, 2.45) is 0 Å². The first-order valence-electron chi connectivity index (χ1n) is 8.07. The van der Waals surface area contributed by atoms with Gasteiger partial charge in [0.2, 0.25) is 0 Å². The van der Waals surface area contributed by atoms with Gasteiger partial charge in [0.1, 0.15) is 5.82 Å². The number of piperazine rings is 1. The zero-order valence-electron chi connectivity index (χ0n) is 13.2. The summed E-state index contributed by atoms with van der Waals surface area (Å²) in [5.74, 6) is -0.208. The SMILES string of the molecule is Fc1cccnc1CN1CCN(C/C=C/c2ccccc2)CC1. The van der Waals surface area contributed by atoms with E-state index in [1.165, 1.54) is 11.6 Å². The average molecular weight is 311 g/mol. The summed E-state index contributed by atoms with van der Waals surface area (Å²) in [7, 11) is 0. The summed E-state index contributed by atoms with van der Waals surface area (Å²) < 4.78 is 13.6. The molecule has 3 rings (SSSR count). The third kappa shape index (κ3) is 4.71. The van der Waals surface area contributed by atoms with Gasteiger partial charge in [0, 0.05) is 45.5 Å². The van der Waals surface area contributed by atoms with Gasteiger partial charge in [-0.1, -0.05) is 42.5 Å². The summed E-state index contributed by atoms with van der Waals surface area (Å²) in [6, 6.07) is 13.5. The Balaban J connectivity index is 1.44. The lowest BCUT2D eigenvalue weighted by atomic mass is 10.2. The van der Waals surface area contributed by atoms with E-state index in [-0.39, 0.29) is 5.82 Å². The van der Waals surface area contributed by atoms with Gasteiger partial charge in [0.15, 0.2) is 0 Å². The fraction of sp³-hybridized carbons (Fsp3) is 0.316. The van der Waals surface area contributed by atoms with Crippen molar-refractivity contribution in [1.82, 2.24) is 14.8 Å². The van der Waals surface area contributed by atoms with Crippen LogP contribution in [0.5, 0.6) is 0 Å². The molecular weight excluding hydrogens is 289 g/mol. The van der Waals surface area contributed by atoms with Crippen LogP contribution in [0.25, 0.3) is 6.08 Å². The third-order valence-corrected chi connectivity index (χ3v) is 4.15. The molecule has 1 aliphatic heterocycles. The number of nitrogens with zero attached hydrogens (tertiary/aromatic N) is 3. The van der Waals surface area contributed by atoms with Crippen molar-refractivity contribution in [3.63, 3.8) is 0 Å². The molecule has 0 radical (unpaired) electrons. The van der Waals surface area contributed by atoms with E-state index in [0.29, 0.717) is 12.2 Å². The van der Waals surface area contributed by atoms with E-state index in [2.05, 4.69) is 51.2 Å². The van der Waals surface area contributed by atoms with Crippen LogP contribution < -0.4 is 0 Å². The number of aromatic nitrogens is 1. The van der Waals surface area contributed by atoms with Crippen LogP contribution in [0.15, 0.2) is 54.7 Å². The number of halogens is 1. The van der Waals surface area contributed by atoms with E-state index in [9.17, 15) is 4.39 Å². The van der Waals surface area contributed by atoms with E-state index in [1.54, 1.807) is 12.3 Å². The molecule has 0 saturated carbocycles. The van der Waals surface area contributed by atoms with Crippen molar-refractivity contribution >= 4 is 6.08 Å². The fourth-order valence-electron chi connectivity index (χ4n) is 2.78. The van der Waals surface area contributed by atoms with Crippen LogP contribution in [-0.4, -0.2) is 47.5 Å². The second kappa shape index (κ2) is 7.99. The van der Waals surface area contributed by atoms with Crippen molar-refractivity contribution in [2.75, 3.05) is 32.7 Å². The number of hydrogen-bond acceptors (Lipinski definition) is 3. The molecule has 2 heterocycles. The molecule has 0 spiro atoms. The van der Waals surface area contributed by atoms with Crippen LogP contribution >= 0.6 is 0 Å². The highest BCUT2D eigenvalue weighted by molar-refractivity contribution is 5.48. The standard InChI is InChI=1S/C19H22FN3/c20-18-9-4-10-21-19(18)16-23-14-12-22(13-15-23)11-5-8-17-6-2-1-3-7-17/h1-10H,11-16H2/b8-5+. The molecule has 1 saturated heterocycles. The molecule has 4 heteroatoms. The van der Waals surface area contributed by atoms with Gasteiger partial charge in [-0.15, -0.1) is 0 Å². The molecule has 1 aromatic carbocycles. The summed E-state index contributed by atoms with van der Waals surface area (Å²) in [6.07, 6.45) is 6.03. The normalized spacial score (nSPS) is 16.9. The monoisotopic (exact) mass is 311 g/mol. The quantitative estimate of drug-likeness (QED) is 0.846. The molecule has 0 N–H and O–H groups in total. The maximum absolute atomic E-state index is 13.6. The molecule has 0 amide bonds. The molecule has 0 unspecified atom stereocenters. The minimum absolute atomic E-state index is 0.208. The molecule has 1 aromatic heterocycles. The first-order chi connectivity index (χ1) is 11.3. The van der Waals surface area contributed by atoms with Crippen LogP contribution in [0, 0.1) is 5.82 Å². The van der Waals surface area contributed by atoms with Gasteiger partial charge in [-0.25, -0.2) is 4.39 Å². The summed E-state index contributed by atoms with van der Waals surface area (Å²) in [5.41, 5.74) is 1.78. The molecule has 2 aromatic rings. The number of benzene rings is 1. The van der Waals surface area contributed by atoms with E-state index in [4.69, 9.17) is 0 Å². The molecule has 0 aliphatic carbocycles. The van der Waals surface area contributed by atoms with Crippen LogP contribution in [0.3, 0.4) is 0 Å². The van der Waals surface area contributed by atoms with Gasteiger partial charge in [0.05, 0.1) is 5.69 Å². The van der Waals surface area contributed by atoms with Crippen LogP contribution in [0.4, 0.5) is 4.39 Å². The van der Waals surface area contributed by atoms with Crippen molar-refractivity contribution < 1.29 is 4.39 Å². The van der Waals surface area contributed by atoms with Crippen molar-refractivity contribution in [2.45, 2.75) is 6.54 Å². The molecule has 3 nitrogen and oxygen atoms in total. The Labute approximate surface area is 137 Å². The molecule has 120 valence electrons. The predicted octanol–water partition coefficient (Wildman–Crippen LogP) is 3.05. The van der Waals surface area contributed by atoms with Gasteiger partial charge in [-0.3, -0.25) is 14.8 Å². The lowest BCUT2D eigenvalue weighted by Crippen LogP contribution is -2.45. The summed E-state index contributed by atoms with van der Waals surface area (Å²) in [5, 5.41) is 0. The van der Waals surface area contributed by atoms with Gasteiger partial charge >= 0.3 is 0 Å². The van der Waals surface area contributed by atoms with Gasteiger partial charge in [-0.2, -0.15) is 0 Å². The van der Waals surface area contributed by atoms with E-state index >= 15 is 0 Å². The Kier molecular flexibility index (Phi) is 5.51. The van der Waals surface area contributed by atoms with Crippen LogP contribution in [0.1, 0.15) is 11.3 Å². The zero-order chi connectivity index (χ0) is 15.9. The summed E-state index contributed by atoms with van der Waals surface area (Å²) in [4.78, 5) is 8.82. The van der Waals surface area contributed by atoms with Crippen molar-refractivity contribution in [3.05, 3.63) is 71.8 Å². The zero-order valence-corrected chi connectivity index (χ0v) is 13.2. The van der Waals surface area contributed by atoms with Crippen molar-refractivity contribution in [1.29, 1.82) is 0 Å². The van der Waals surface area contributed by atoms with E-state index < -0.39 is 0 Å². The highest BCUT2D eigenvalue weighted by Gasteiger charge is 2.17. The molecule has 23 heavy (non-hydrogen) atoms. The fourth-order valence-corrected chi connectivity index (χ4v) is 2.78. The highest BCUT2D eigenvalue weighted by atomic mass is 19.1. The minimum Gasteiger partial charge on any atom is -0.297 e. The van der Waals surface area contributed by atoms with Gasteiger partial charge in [-0.05, 0) is 17.7 Å². The average Bonchev–Trinajstić information content (AvgIpc) is 2.59. The van der Waals surface area contributed by atoms with Gasteiger partial charge in [0.25, 0.3) is 0 Å². The third-order valence-electron chi connectivity index (χ3n) is 4.15. The second-order valence-electron chi connectivity index (χ2n) is 5.82. The second-order valence-corrected chi connectivity index (χ2v) is 5.82. The molecule has 1 aliphatic rings. The Hall–Kier alpha value is -2.04. The predicted molar refractivity (Wildman–Crippen MR) is 91.4 cm³/mol. The highest BCUT2D eigenvalue weighted by Crippen LogP contribution is 2.10. The summed E-state index contributed by atoms with van der Waals surface area (Å²) >= 11 is 0. The van der Waals surface area contributed by atoms with Gasteiger partial charge < -0.3 is 0 Å². The smallest absolute Gasteiger partial charge is 0.146 e. The van der Waals surface area contributed by atoms with Crippen LogP contribution in [0.2, 0.25) is 0 Å². The topological polar surface area (TPSA) is 19.4 Å². The molecule has 0 atom stereocenters. The maximum Gasteiger partial charge on any atom is 0.146 e. The summed E-state index contributed by atoms with van der Waals surface area (Å²) in [6.45, 7) is 5.48. The lowest BCUT2D eigenvalue weighted by molar-refractivity contribution is 0.134. The first-order valence-corrected chi connectivity index (χ1v) is 8.07. The first kappa shape index (κ1) is 15.8.